The van der Waals surface area contributed by atoms with Crippen LogP contribution in [0, 0.1) is 0 Å². The SMILES string of the molecule is OCCN[C@H](CC(F)(F)F)c1ccc(Cl)cc1. The van der Waals surface area contributed by atoms with Crippen molar-refractivity contribution in [2.75, 3.05) is 13.2 Å². The molecule has 1 aromatic carbocycles. The Balaban J connectivity index is 2.78. The minimum absolute atomic E-state index is 0.114. The van der Waals surface area contributed by atoms with Gasteiger partial charge in [0.2, 0.25) is 0 Å². The predicted molar refractivity (Wildman–Crippen MR) is 60.0 cm³/mol. The van der Waals surface area contributed by atoms with Gasteiger partial charge in [0.25, 0.3) is 0 Å². The third-order valence-electron chi connectivity index (χ3n) is 2.21. The van der Waals surface area contributed by atoms with Gasteiger partial charge in [0.1, 0.15) is 0 Å². The van der Waals surface area contributed by atoms with Crippen molar-refractivity contribution >= 4 is 11.6 Å². The van der Waals surface area contributed by atoms with Gasteiger partial charge in [-0.3, -0.25) is 0 Å². The summed E-state index contributed by atoms with van der Waals surface area (Å²) >= 11 is 5.67. The molecule has 6 heteroatoms. The highest BCUT2D eigenvalue weighted by Gasteiger charge is 2.32. The van der Waals surface area contributed by atoms with Crippen molar-refractivity contribution < 1.29 is 18.3 Å². The van der Waals surface area contributed by atoms with Gasteiger partial charge in [-0.25, -0.2) is 0 Å². The lowest BCUT2D eigenvalue weighted by Gasteiger charge is -2.20. The molecule has 2 N–H and O–H groups in total. The summed E-state index contributed by atoms with van der Waals surface area (Å²) in [6.45, 7) is -0.0919. The van der Waals surface area contributed by atoms with Gasteiger partial charge in [0.05, 0.1) is 13.0 Å². The Bertz CT molecular complexity index is 340. The van der Waals surface area contributed by atoms with Crippen LogP contribution in [-0.2, 0) is 0 Å². The molecule has 0 aliphatic rings. The largest absolute Gasteiger partial charge is 0.395 e. The number of hydrogen-bond acceptors (Lipinski definition) is 2. The maximum absolute atomic E-state index is 12.4. The van der Waals surface area contributed by atoms with Crippen LogP contribution in [0.3, 0.4) is 0 Å². The summed E-state index contributed by atoms with van der Waals surface area (Å²) in [7, 11) is 0. The first-order chi connectivity index (χ1) is 7.92. The number of nitrogens with one attached hydrogen (secondary N) is 1. The Morgan fingerprint density at radius 2 is 1.82 bits per heavy atom. The Kier molecular flexibility index (Phi) is 5.24. The summed E-state index contributed by atoms with van der Waals surface area (Å²) in [5.41, 5.74) is 0.500. The van der Waals surface area contributed by atoms with Crippen molar-refractivity contribution in [3.05, 3.63) is 34.9 Å². The van der Waals surface area contributed by atoms with E-state index in [0.717, 1.165) is 0 Å². The molecule has 0 aliphatic heterocycles. The van der Waals surface area contributed by atoms with E-state index < -0.39 is 18.6 Å². The minimum atomic E-state index is -4.26. The molecule has 1 atom stereocenters. The third-order valence-corrected chi connectivity index (χ3v) is 2.46. The number of benzene rings is 1. The number of rotatable bonds is 5. The van der Waals surface area contributed by atoms with Gasteiger partial charge >= 0.3 is 6.18 Å². The maximum Gasteiger partial charge on any atom is 0.390 e. The first-order valence-corrected chi connectivity index (χ1v) is 5.46. The van der Waals surface area contributed by atoms with Gasteiger partial charge in [-0.1, -0.05) is 23.7 Å². The van der Waals surface area contributed by atoms with Crippen LogP contribution in [0.1, 0.15) is 18.0 Å². The Morgan fingerprint density at radius 3 is 2.29 bits per heavy atom. The summed E-state index contributed by atoms with van der Waals surface area (Å²) in [6.07, 6.45) is -5.23. The van der Waals surface area contributed by atoms with Gasteiger partial charge in [0.15, 0.2) is 0 Å². The molecule has 0 aliphatic carbocycles. The van der Waals surface area contributed by atoms with E-state index in [4.69, 9.17) is 16.7 Å². The van der Waals surface area contributed by atoms with Crippen molar-refractivity contribution in [3.8, 4) is 0 Å². The molecule has 2 nitrogen and oxygen atoms in total. The average molecular weight is 268 g/mol. The van der Waals surface area contributed by atoms with Crippen LogP contribution in [0.15, 0.2) is 24.3 Å². The second-order valence-electron chi connectivity index (χ2n) is 3.60. The monoisotopic (exact) mass is 267 g/mol. The van der Waals surface area contributed by atoms with E-state index in [9.17, 15) is 13.2 Å². The zero-order valence-electron chi connectivity index (χ0n) is 8.97. The van der Waals surface area contributed by atoms with E-state index in [1.807, 2.05) is 0 Å². The summed E-state index contributed by atoms with van der Waals surface area (Å²) in [4.78, 5) is 0. The second kappa shape index (κ2) is 6.23. The van der Waals surface area contributed by atoms with Crippen molar-refractivity contribution in [3.63, 3.8) is 0 Å². The third kappa shape index (κ3) is 5.39. The van der Waals surface area contributed by atoms with Crippen molar-refractivity contribution in [2.45, 2.75) is 18.6 Å². The molecule has 17 heavy (non-hydrogen) atoms. The Morgan fingerprint density at radius 1 is 1.24 bits per heavy atom. The molecule has 0 spiro atoms. The summed E-state index contributed by atoms with van der Waals surface area (Å²) < 4.78 is 37.1. The molecule has 0 heterocycles. The lowest BCUT2D eigenvalue weighted by molar-refractivity contribution is -0.140. The fourth-order valence-electron chi connectivity index (χ4n) is 1.47. The fourth-order valence-corrected chi connectivity index (χ4v) is 1.60. The molecule has 0 bridgehead atoms. The fraction of sp³-hybridized carbons (Fsp3) is 0.455. The van der Waals surface area contributed by atoms with Crippen LogP contribution in [0.4, 0.5) is 13.2 Å². The zero-order chi connectivity index (χ0) is 12.9. The predicted octanol–water partition coefficient (Wildman–Crippen LogP) is 2.92. The summed E-state index contributed by atoms with van der Waals surface area (Å²) in [5, 5.41) is 11.8. The van der Waals surface area contributed by atoms with Crippen molar-refractivity contribution in [1.82, 2.24) is 5.32 Å². The van der Waals surface area contributed by atoms with Crippen LogP contribution in [0.2, 0.25) is 5.02 Å². The first kappa shape index (κ1) is 14.3. The summed E-state index contributed by atoms with van der Waals surface area (Å²) in [5.74, 6) is 0. The lowest BCUT2D eigenvalue weighted by atomic mass is 10.0. The Labute approximate surface area is 102 Å². The number of alkyl halides is 3. The van der Waals surface area contributed by atoms with E-state index >= 15 is 0 Å². The topological polar surface area (TPSA) is 32.3 Å². The molecule has 0 saturated heterocycles. The molecule has 1 aromatic rings. The van der Waals surface area contributed by atoms with Gasteiger partial charge < -0.3 is 10.4 Å². The van der Waals surface area contributed by atoms with Gasteiger partial charge in [-0.05, 0) is 17.7 Å². The molecule has 0 saturated carbocycles. The quantitative estimate of drug-likeness (QED) is 0.860. The minimum Gasteiger partial charge on any atom is -0.395 e. The van der Waals surface area contributed by atoms with E-state index in [-0.39, 0.29) is 13.2 Å². The van der Waals surface area contributed by atoms with E-state index in [1.165, 1.54) is 0 Å². The maximum atomic E-state index is 12.4. The smallest absolute Gasteiger partial charge is 0.390 e. The highest BCUT2D eigenvalue weighted by molar-refractivity contribution is 6.30. The molecule has 96 valence electrons. The first-order valence-electron chi connectivity index (χ1n) is 5.09. The van der Waals surface area contributed by atoms with Gasteiger partial charge in [0, 0.05) is 17.6 Å². The molecule has 1 rings (SSSR count). The molecule has 0 radical (unpaired) electrons. The van der Waals surface area contributed by atoms with E-state index in [0.29, 0.717) is 10.6 Å². The number of halogens is 4. The number of hydrogen-bond donors (Lipinski definition) is 2. The highest BCUT2D eigenvalue weighted by Crippen LogP contribution is 2.29. The zero-order valence-corrected chi connectivity index (χ0v) is 9.72. The second-order valence-corrected chi connectivity index (χ2v) is 4.04. The molecule has 0 amide bonds. The van der Waals surface area contributed by atoms with E-state index in [1.54, 1.807) is 24.3 Å². The molecule has 0 aromatic heterocycles. The van der Waals surface area contributed by atoms with Gasteiger partial charge in [-0.2, -0.15) is 13.2 Å². The number of aliphatic hydroxyl groups is 1. The van der Waals surface area contributed by atoms with Crippen molar-refractivity contribution in [1.29, 1.82) is 0 Å². The normalized spacial score (nSPS) is 13.7. The van der Waals surface area contributed by atoms with E-state index in [2.05, 4.69) is 5.32 Å². The van der Waals surface area contributed by atoms with Crippen LogP contribution in [0.25, 0.3) is 0 Å². The van der Waals surface area contributed by atoms with Crippen molar-refractivity contribution in [2.24, 2.45) is 0 Å². The van der Waals surface area contributed by atoms with Gasteiger partial charge in [-0.15, -0.1) is 0 Å². The molecule has 0 unspecified atom stereocenters. The highest BCUT2D eigenvalue weighted by atomic mass is 35.5. The average Bonchev–Trinajstić information content (AvgIpc) is 2.24. The van der Waals surface area contributed by atoms with Crippen LogP contribution < -0.4 is 5.32 Å². The van der Waals surface area contributed by atoms with Crippen LogP contribution in [-0.4, -0.2) is 24.4 Å². The molecular weight excluding hydrogens is 255 g/mol. The standard InChI is InChI=1S/C11H13ClF3NO/c12-9-3-1-8(2-4-9)10(16-5-6-17)7-11(13,14)15/h1-4,10,16-17H,5-7H2/t10-/m1/s1. The van der Waals surface area contributed by atoms with Crippen LogP contribution >= 0.6 is 11.6 Å². The van der Waals surface area contributed by atoms with Crippen LogP contribution in [0.5, 0.6) is 0 Å². The Hall–Kier alpha value is -0.780. The summed E-state index contributed by atoms with van der Waals surface area (Å²) in [6, 6.07) is 5.31. The molecular formula is C11H13ClF3NO. The number of aliphatic hydroxyl groups excluding tert-OH is 1. The lowest BCUT2D eigenvalue weighted by Crippen LogP contribution is -2.28. The molecule has 0 fully saturated rings.